The molecule has 2 aromatic rings. The van der Waals surface area contributed by atoms with Crippen LogP contribution in [0.2, 0.25) is 0 Å². The molecule has 1 aromatic heterocycles. The second-order valence-corrected chi connectivity index (χ2v) is 4.85. The van der Waals surface area contributed by atoms with Crippen molar-refractivity contribution in [1.29, 1.82) is 0 Å². The van der Waals surface area contributed by atoms with Crippen LogP contribution in [0.1, 0.15) is 22.4 Å². The van der Waals surface area contributed by atoms with Crippen molar-refractivity contribution in [3.63, 3.8) is 0 Å². The van der Waals surface area contributed by atoms with Crippen molar-refractivity contribution < 1.29 is 4.92 Å². The molecule has 4 heteroatoms. The third kappa shape index (κ3) is 2.67. The summed E-state index contributed by atoms with van der Waals surface area (Å²) in [6.45, 7) is 7.04. The topological polar surface area (TPSA) is 48.1 Å². The lowest BCUT2D eigenvalue weighted by Gasteiger charge is -2.07. The van der Waals surface area contributed by atoms with Gasteiger partial charge in [-0.2, -0.15) is 0 Å². The number of hydrogen-bond donors (Lipinski definition) is 0. The molecule has 0 amide bonds. The Morgan fingerprint density at radius 2 is 1.89 bits per heavy atom. The fraction of sp³-hybridized carbons (Fsp3) is 0.333. The molecule has 0 N–H and O–H groups in total. The predicted molar refractivity (Wildman–Crippen MR) is 75.4 cm³/mol. The number of rotatable bonds is 4. The van der Waals surface area contributed by atoms with Gasteiger partial charge in [0.25, 0.3) is 5.69 Å². The van der Waals surface area contributed by atoms with E-state index in [2.05, 4.69) is 31.5 Å². The van der Waals surface area contributed by atoms with Crippen molar-refractivity contribution in [3.05, 3.63) is 63.0 Å². The molecule has 0 aliphatic heterocycles. The Kier molecular flexibility index (Phi) is 3.69. The summed E-state index contributed by atoms with van der Waals surface area (Å²) >= 11 is 0. The Hall–Kier alpha value is -2.10. The van der Waals surface area contributed by atoms with Gasteiger partial charge in [-0.25, -0.2) is 0 Å². The minimum Gasteiger partial charge on any atom is -0.351 e. The fourth-order valence-corrected chi connectivity index (χ4v) is 2.30. The van der Waals surface area contributed by atoms with Gasteiger partial charge in [0.1, 0.15) is 0 Å². The van der Waals surface area contributed by atoms with Crippen LogP contribution in [0.25, 0.3) is 0 Å². The average molecular weight is 258 g/mol. The molecule has 19 heavy (non-hydrogen) atoms. The molecule has 0 aliphatic rings. The van der Waals surface area contributed by atoms with E-state index >= 15 is 0 Å². The molecule has 0 fully saturated rings. The van der Waals surface area contributed by atoms with E-state index in [9.17, 15) is 10.1 Å². The highest BCUT2D eigenvalue weighted by molar-refractivity contribution is 5.40. The maximum absolute atomic E-state index is 11.0. The Morgan fingerprint density at radius 3 is 2.47 bits per heavy atom. The second-order valence-electron chi connectivity index (χ2n) is 4.85. The summed E-state index contributed by atoms with van der Waals surface area (Å²) in [4.78, 5) is 10.6. The number of aryl methyl sites for hydroxylation is 3. The number of nitro groups is 1. The molecule has 1 heterocycles. The standard InChI is InChI=1S/C15H18N2O2/c1-11-10-16(13(3)12(11)2)9-8-14-6-4-5-7-15(14)17(18)19/h4-7,10H,8-9H2,1-3H3. The zero-order valence-electron chi connectivity index (χ0n) is 11.5. The summed E-state index contributed by atoms with van der Waals surface area (Å²) < 4.78 is 2.17. The lowest BCUT2D eigenvalue weighted by Crippen LogP contribution is -2.04. The Balaban J connectivity index is 2.19. The van der Waals surface area contributed by atoms with Gasteiger partial charge in [-0.1, -0.05) is 18.2 Å². The maximum Gasteiger partial charge on any atom is 0.272 e. The quantitative estimate of drug-likeness (QED) is 0.621. The SMILES string of the molecule is Cc1cn(CCc2ccccc2[N+](=O)[O-])c(C)c1C. The normalized spacial score (nSPS) is 10.7. The summed E-state index contributed by atoms with van der Waals surface area (Å²) in [5.74, 6) is 0. The summed E-state index contributed by atoms with van der Waals surface area (Å²) in [5.41, 5.74) is 4.79. The molecule has 100 valence electrons. The summed E-state index contributed by atoms with van der Waals surface area (Å²) in [6.07, 6.45) is 2.78. The van der Waals surface area contributed by atoms with Gasteiger partial charge in [0.15, 0.2) is 0 Å². The zero-order chi connectivity index (χ0) is 14.0. The molecule has 1 aromatic carbocycles. The molecule has 0 radical (unpaired) electrons. The first kappa shape index (κ1) is 13.3. The zero-order valence-corrected chi connectivity index (χ0v) is 11.5. The lowest BCUT2D eigenvalue weighted by molar-refractivity contribution is -0.385. The highest BCUT2D eigenvalue weighted by Gasteiger charge is 2.12. The summed E-state index contributed by atoms with van der Waals surface area (Å²) in [5, 5.41) is 11.0. The number of aromatic nitrogens is 1. The van der Waals surface area contributed by atoms with Crippen molar-refractivity contribution in [3.8, 4) is 0 Å². The van der Waals surface area contributed by atoms with Gasteiger partial charge in [-0.15, -0.1) is 0 Å². The lowest BCUT2D eigenvalue weighted by atomic mass is 10.1. The van der Waals surface area contributed by atoms with Crippen molar-refractivity contribution in [1.82, 2.24) is 4.57 Å². The summed E-state index contributed by atoms with van der Waals surface area (Å²) in [7, 11) is 0. The molecule has 0 saturated heterocycles. The summed E-state index contributed by atoms with van der Waals surface area (Å²) in [6, 6.07) is 6.95. The van der Waals surface area contributed by atoms with Gasteiger partial charge in [0, 0.05) is 30.1 Å². The van der Waals surface area contributed by atoms with Crippen molar-refractivity contribution in [2.24, 2.45) is 0 Å². The number of para-hydroxylation sites is 1. The smallest absolute Gasteiger partial charge is 0.272 e. The molecule has 0 atom stereocenters. The van der Waals surface area contributed by atoms with Crippen LogP contribution in [-0.2, 0) is 13.0 Å². The van der Waals surface area contributed by atoms with E-state index in [1.807, 2.05) is 12.1 Å². The minimum absolute atomic E-state index is 0.209. The number of nitro benzene ring substituents is 1. The van der Waals surface area contributed by atoms with Crippen LogP contribution in [0.5, 0.6) is 0 Å². The number of nitrogens with zero attached hydrogens (tertiary/aromatic N) is 2. The molecular formula is C15H18N2O2. The van der Waals surface area contributed by atoms with Crippen molar-refractivity contribution in [2.45, 2.75) is 33.7 Å². The van der Waals surface area contributed by atoms with E-state index in [0.717, 1.165) is 12.1 Å². The van der Waals surface area contributed by atoms with Crippen LogP contribution < -0.4 is 0 Å². The molecule has 0 saturated carbocycles. The molecule has 0 bridgehead atoms. The van der Waals surface area contributed by atoms with Gasteiger partial charge in [0.05, 0.1) is 4.92 Å². The highest BCUT2D eigenvalue weighted by Crippen LogP contribution is 2.20. The monoisotopic (exact) mass is 258 g/mol. The first-order valence-electron chi connectivity index (χ1n) is 6.36. The molecular weight excluding hydrogens is 240 g/mol. The molecule has 0 spiro atoms. The van der Waals surface area contributed by atoms with Gasteiger partial charge in [-0.3, -0.25) is 10.1 Å². The van der Waals surface area contributed by atoms with E-state index in [4.69, 9.17) is 0 Å². The first-order valence-corrected chi connectivity index (χ1v) is 6.36. The van der Waals surface area contributed by atoms with Crippen LogP contribution in [-0.4, -0.2) is 9.49 Å². The molecule has 4 nitrogen and oxygen atoms in total. The van der Waals surface area contributed by atoms with Gasteiger partial charge < -0.3 is 4.57 Å². The highest BCUT2D eigenvalue weighted by atomic mass is 16.6. The van der Waals surface area contributed by atoms with E-state index in [0.29, 0.717) is 6.42 Å². The van der Waals surface area contributed by atoms with Crippen molar-refractivity contribution in [2.75, 3.05) is 0 Å². The van der Waals surface area contributed by atoms with Crippen LogP contribution in [0.3, 0.4) is 0 Å². The number of hydrogen-bond acceptors (Lipinski definition) is 2. The number of benzene rings is 1. The van der Waals surface area contributed by atoms with Crippen LogP contribution in [0.4, 0.5) is 5.69 Å². The van der Waals surface area contributed by atoms with Gasteiger partial charge in [-0.05, 0) is 38.3 Å². The van der Waals surface area contributed by atoms with E-state index in [1.165, 1.54) is 16.8 Å². The average Bonchev–Trinajstić information content (AvgIpc) is 2.64. The fourth-order valence-electron chi connectivity index (χ4n) is 2.30. The Bertz CT molecular complexity index is 615. The third-order valence-electron chi connectivity index (χ3n) is 3.72. The van der Waals surface area contributed by atoms with E-state index in [1.54, 1.807) is 12.1 Å². The predicted octanol–water partition coefficient (Wildman–Crippen LogP) is 3.56. The van der Waals surface area contributed by atoms with Crippen LogP contribution >= 0.6 is 0 Å². The molecule has 2 rings (SSSR count). The largest absolute Gasteiger partial charge is 0.351 e. The Morgan fingerprint density at radius 1 is 1.21 bits per heavy atom. The van der Waals surface area contributed by atoms with E-state index < -0.39 is 0 Å². The van der Waals surface area contributed by atoms with E-state index in [-0.39, 0.29) is 10.6 Å². The second kappa shape index (κ2) is 5.26. The van der Waals surface area contributed by atoms with Gasteiger partial charge in [0.2, 0.25) is 0 Å². The molecule has 0 aliphatic carbocycles. The molecule has 0 unspecified atom stereocenters. The Labute approximate surface area is 112 Å². The van der Waals surface area contributed by atoms with Gasteiger partial charge >= 0.3 is 0 Å². The maximum atomic E-state index is 11.0. The van der Waals surface area contributed by atoms with Crippen molar-refractivity contribution >= 4 is 5.69 Å². The first-order chi connectivity index (χ1) is 9.00. The van der Waals surface area contributed by atoms with Crippen LogP contribution in [0.15, 0.2) is 30.5 Å². The minimum atomic E-state index is -0.311. The van der Waals surface area contributed by atoms with Crippen LogP contribution in [0, 0.1) is 30.9 Å². The third-order valence-corrected chi connectivity index (χ3v) is 3.72.